The third-order valence-electron chi connectivity index (χ3n) is 2.44. The van der Waals surface area contributed by atoms with Gasteiger partial charge >= 0.3 is 0 Å². The molecular formula is C9H13BN2S. The average molecular weight is 192 g/mol. The zero-order valence-corrected chi connectivity index (χ0v) is 9.27. The molecule has 0 aliphatic rings. The zero-order chi connectivity index (χ0) is 9.59. The second kappa shape index (κ2) is 2.87. The van der Waals surface area contributed by atoms with Gasteiger partial charge in [0.15, 0.2) is 7.85 Å². The van der Waals surface area contributed by atoms with E-state index in [0.717, 1.165) is 0 Å². The van der Waals surface area contributed by atoms with E-state index in [-0.39, 0.29) is 0 Å². The van der Waals surface area contributed by atoms with Crippen LogP contribution in [0.2, 0.25) is 0 Å². The minimum absolute atomic E-state index is 0.502. The number of rotatable bonds is 1. The Hall–Kier alpha value is -0.765. The second-order valence-corrected chi connectivity index (χ2v) is 4.89. The monoisotopic (exact) mass is 192 g/mol. The van der Waals surface area contributed by atoms with Gasteiger partial charge in [0.05, 0.1) is 6.33 Å². The molecule has 0 aliphatic carbocycles. The van der Waals surface area contributed by atoms with Gasteiger partial charge in [-0.05, 0) is 31.1 Å². The lowest BCUT2D eigenvalue weighted by Crippen LogP contribution is -1.99. The van der Waals surface area contributed by atoms with E-state index in [1.165, 1.54) is 20.7 Å². The molecule has 0 bridgehead atoms. The summed E-state index contributed by atoms with van der Waals surface area (Å²) >= 11 is 1.84. The van der Waals surface area contributed by atoms with Crippen molar-refractivity contribution in [1.82, 2.24) is 9.55 Å². The van der Waals surface area contributed by atoms with E-state index >= 15 is 0 Å². The third kappa shape index (κ3) is 1.20. The first-order valence-corrected chi connectivity index (χ1v) is 5.35. The molecule has 0 fully saturated rings. The van der Waals surface area contributed by atoms with Crippen LogP contribution in [-0.2, 0) is 0 Å². The molecule has 0 aliphatic heterocycles. The smallest absolute Gasteiger partial charge is 0.153 e. The molecular weight excluding hydrogens is 179 g/mol. The molecule has 0 aromatic carbocycles. The highest BCUT2D eigenvalue weighted by Crippen LogP contribution is 2.24. The van der Waals surface area contributed by atoms with E-state index in [4.69, 9.17) is 0 Å². The van der Waals surface area contributed by atoms with Gasteiger partial charge in [0, 0.05) is 6.04 Å². The topological polar surface area (TPSA) is 17.8 Å². The molecule has 0 unspecified atom stereocenters. The summed E-state index contributed by atoms with van der Waals surface area (Å²) in [6.07, 6.45) is 1.94. The van der Waals surface area contributed by atoms with Crippen molar-refractivity contribution in [3.8, 4) is 0 Å². The van der Waals surface area contributed by atoms with Crippen LogP contribution < -0.4 is 4.78 Å². The van der Waals surface area contributed by atoms with E-state index in [1.807, 2.05) is 17.7 Å². The Morgan fingerprint density at radius 3 is 2.85 bits per heavy atom. The maximum atomic E-state index is 4.43. The number of imidazole rings is 1. The Balaban J connectivity index is 2.74. The molecule has 0 saturated carbocycles. The standard InChI is InChI=1S/C9H13BN2S/c1-5(2)12-4-11-7-6(3)8(10)13-9(7)12/h4-5H,10H2,1-3H3. The Morgan fingerprint density at radius 1 is 1.54 bits per heavy atom. The third-order valence-corrected chi connectivity index (χ3v) is 3.65. The van der Waals surface area contributed by atoms with E-state index in [9.17, 15) is 0 Å². The van der Waals surface area contributed by atoms with E-state index in [0.29, 0.717) is 6.04 Å². The van der Waals surface area contributed by atoms with Gasteiger partial charge < -0.3 is 4.57 Å². The van der Waals surface area contributed by atoms with Crippen molar-refractivity contribution in [2.45, 2.75) is 26.8 Å². The van der Waals surface area contributed by atoms with Crippen LogP contribution in [0.4, 0.5) is 0 Å². The minimum atomic E-state index is 0.502. The normalized spacial score (nSPS) is 11.7. The average Bonchev–Trinajstić information content (AvgIpc) is 2.55. The first-order chi connectivity index (χ1) is 6.11. The highest BCUT2D eigenvalue weighted by Gasteiger charge is 2.11. The Labute approximate surface area is 83.0 Å². The van der Waals surface area contributed by atoms with Gasteiger partial charge in [-0.15, -0.1) is 11.3 Å². The van der Waals surface area contributed by atoms with Gasteiger partial charge in [0.1, 0.15) is 10.3 Å². The summed E-state index contributed by atoms with van der Waals surface area (Å²) in [5.41, 5.74) is 2.51. The van der Waals surface area contributed by atoms with Crippen LogP contribution in [0.1, 0.15) is 25.5 Å². The molecule has 2 rings (SSSR count). The molecule has 68 valence electrons. The molecule has 4 heteroatoms. The predicted molar refractivity (Wildman–Crippen MR) is 60.9 cm³/mol. The Bertz CT molecular complexity index is 442. The highest BCUT2D eigenvalue weighted by atomic mass is 32.1. The fourth-order valence-corrected chi connectivity index (χ4v) is 2.67. The molecule has 2 aromatic heterocycles. The van der Waals surface area contributed by atoms with Crippen molar-refractivity contribution in [3.63, 3.8) is 0 Å². The lowest BCUT2D eigenvalue weighted by atomic mass is 10.0. The van der Waals surface area contributed by atoms with Crippen molar-refractivity contribution in [2.75, 3.05) is 0 Å². The number of thiophene rings is 1. The van der Waals surface area contributed by atoms with Gasteiger partial charge in [0.25, 0.3) is 0 Å². The first-order valence-electron chi connectivity index (χ1n) is 4.53. The summed E-state index contributed by atoms with van der Waals surface area (Å²) in [4.78, 5) is 5.74. The maximum Gasteiger partial charge on any atom is 0.153 e. The van der Waals surface area contributed by atoms with Crippen molar-refractivity contribution >= 4 is 34.3 Å². The summed E-state index contributed by atoms with van der Waals surface area (Å²) in [6, 6.07) is 0.502. The molecule has 0 atom stereocenters. The van der Waals surface area contributed by atoms with Crippen LogP contribution >= 0.6 is 11.3 Å². The largest absolute Gasteiger partial charge is 0.320 e. The second-order valence-electron chi connectivity index (χ2n) is 3.68. The van der Waals surface area contributed by atoms with E-state index in [1.54, 1.807) is 0 Å². The Kier molecular flexibility index (Phi) is 1.95. The van der Waals surface area contributed by atoms with Crippen molar-refractivity contribution in [2.24, 2.45) is 0 Å². The summed E-state index contributed by atoms with van der Waals surface area (Å²) in [5, 5.41) is 0. The lowest BCUT2D eigenvalue weighted by Gasteiger charge is -2.05. The summed E-state index contributed by atoms with van der Waals surface area (Å²) in [7, 11) is 2.16. The van der Waals surface area contributed by atoms with Crippen molar-refractivity contribution < 1.29 is 0 Å². The summed E-state index contributed by atoms with van der Waals surface area (Å²) < 4.78 is 3.62. The van der Waals surface area contributed by atoms with Gasteiger partial charge in [-0.3, -0.25) is 0 Å². The molecule has 0 saturated heterocycles. The van der Waals surface area contributed by atoms with Crippen LogP contribution in [0.5, 0.6) is 0 Å². The van der Waals surface area contributed by atoms with Gasteiger partial charge in [0.2, 0.25) is 0 Å². The molecule has 2 heterocycles. The molecule has 0 radical (unpaired) electrons. The Morgan fingerprint density at radius 2 is 2.23 bits per heavy atom. The van der Waals surface area contributed by atoms with E-state index in [2.05, 4.69) is 38.2 Å². The molecule has 0 N–H and O–H groups in total. The molecule has 2 aromatic rings. The van der Waals surface area contributed by atoms with Gasteiger partial charge in [-0.1, -0.05) is 0 Å². The highest BCUT2D eigenvalue weighted by molar-refractivity contribution is 7.26. The van der Waals surface area contributed by atoms with Gasteiger partial charge in [-0.25, -0.2) is 4.98 Å². The molecule has 0 amide bonds. The van der Waals surface area contributed by atoms with Crippen molar-refractivity contribution in [3.05, 3.63) is 11.9 Å². The lowest BCUT2D eigenvalue weighted by molar-refractivity contribution is 0.620. The number of hydrogen-bond acceptors (Lipinski definition) is 2. The van der Waals surface area contributed by atoms with Crippen LogP contribution in [0.3, 0.4) is 0 Å². The maximum absolute atomic E-state index is 4.43. The van der Waals surface area contributed by atoms with Crippen LogP contribution in [0.25, 0.3) is 10.3 Å². The molecule has 0 spiro atoms. The molecule has 2 nitrogen and oxygen atoms in total. The SMILES string of the molecule is Bc1sc2c(ncn2C(C)C)c1C. The number of fused-ring (bicyclic) bond motifs is 1. The van der Waals surface area contributed by atoms with E-state index < -0.39 is 0 Å². The zero-order valence-electron chi connectivity index (χ0n) is 8.46. The fraction of sp³-hybridized carbons (Fsp3) is 0.444. The van der Waals surface area contributed by atoms with Gasteiger partial charge in [-0.2, -0.15) is 0 Å². The molecule has 13 heavy (non-hydrogen) atoms. The number of aryl methyl sites for hydroxylation is 1. The number of nitrogens with zero attached hydrogens (tertiary/aromatic N) is 2. The minimum Gasteiger partial charge on any atom is -0.320 e. The van der Waals surface area contributed by atoms with Crippen LogP contribution in [-0.4, -0.2) is 17.4 Å². The predicted octanol–water partition coefficient (Wildman–Crippen LogP) is 1.25. The summed E-state index contributed by atoms with van der Waals surface area (Å²) in [5.74, 6) is 0. The van der Waals surface area contributed by atoms with Crippen molar-refractivity contribution in [1.29, 1.82) is 0 Å². The fourth-order valence-electron chi connectivity index (χ4n) is 1.46. The number of hydrogen-bond donors (Lipinski definition) is 0. The number of aromatic nitrogens is 2. The van der Waals surface area contributed by atoms with Crippen LogP contribution in [0, 0.1) is 6.92 Å². The van der Waals surface area contributed by atoms with Crippen LogP contribution in [0.15, 0.2) is 6.33 Å². The summed E-state index contributed by atoms with van der Waals surface area (Å²) in [6.45, 7) is 6.52. The first kappa shape index (κ1) is 8.82. The quantitative estimate of drug-likeness (QED) is 0.621.